The van der Waals surface area contributed by atoms with E-state index in [1.807, 2.05) is 59.5 Å². The predicted molar refractivity (Wildman–Crippen MR) is 104 cm³/mol. The number of amides is 2. The van der Waals surface area contributed by atoms with Gasteiger partial charge in [-0.2, -0.15) is 10.2 Å². The fraction of sp³-hybridized carbons (Fsp3) is 0.300. The van der Waals surface area contributed by atoms with Gasteiger partial charge in [-0.3, -0.25) is 9.59 Å². The lowest BCUT2D eigenvalue weighted by molar-refractivity contribution is -0.895. The SMILES string of the molecule is CC(=O)N1CC[NH+](CC(=O)Nc2ccc(N=Nc3ccccc3)cc2)CC1. The maximum Gasteiger partial charge on any atom is 0.279 e. The number of hydrogen-bond donors (Lipinski definition) is 2. The Bertz CT molecular complexity index is 797. The minimum atomic E-state index is -0.0278. The Labute approximate surface area is 158 Å². The monoisotopic (exact) mass is 366 g/mol. The van der Waals surface area contributed by atoms with Gasteiger partial charge >= 0.3 is 0 Å². The summed E-state index contributed by atoms with van der Waals surface area (Å²) in [4.78, 5) is 26.6. The summed E-state index contributed by atoms with van der Waals surface area (Å²) in [7, 11) is 0. The summed E-state index contributed by atoms with van der Waals surface area (Å²) in [6.07, 6.45) is 0. The Kier molecular flexibility index (Phi) is 6.27. The van der Waals surface area contributed by atoms with Gasteiger partial charge in [0.05, 0.1) is 37.6 Å². The van der Waals surface area contributed by atoms with Crippen molar-refractivity contribution in [2.45, 2.75) is 6.92 Å². The third-order valence-corrected chi connectivity index (χ3v) is 4.51. The number of nitrogens with one attached hydrogen (secondary N) is 2. The van der Waals surface area contributed by atoms with Gasteiger partial charge in [0.1, 0.15) is 0 Å². The van der Waals surface area contributed by atoms with Crippen molar-refractivity contribution in [1.82, 2.24) is 4.90 Å². The maximum atomic E-state index is 12.2. The minimum Gasteiger partial charge on any atom is -0.332 e. The summed E-state index contributed by atoms with van der Waals surface area (Å²) < 4.78 is 0. The Hall–Kier alpha value is -3.06. The van der Waals surface area contributed by atoms with Crippen molar-refractivity contribution in [2.75, 3.05) is 38.0 Å². The highest BCUT2D eigenvalue weighted by molar-refractivity contribution is 5.91. The molecule has 0 aliphatic carbocycles. The molecule has 2 aromatic rings. The van der Waals surface area contributed by atoms with Gasteiger partial charge in [0.2, 0.25) is 5.91 Å². The molecule has 7 heteroatoms. The first kappa shape index (κ1) is 18.7. The van der Waals surface area contributed by atoms with Gasteiger partial charge < -0.3 is 15.1 Å². The standard InChI is InChI=1S/C20H23N5O2/c1-16(26)25-13-11-24(12-14-25)15-20(27)21-17-7-9-19(10-8-17)23-22-18-5-3-2-4-6-18/h2-10H,11-15H2,1H3,(H,21,27)/p+1. The number of nitrogens with zero attached hydrogens (tertiary/aromatic N) is 3. The lowest BCUT2D eigenvalue weighted by Crippen LogP contribution is -3.15. The van der Waals surface area contributed by atoms with Gasteiger partial charge in [0.15, 0.2) is 6.54 Å². The molecule has 1 heterocycles. The zero-order chi connectivity index (χ0) is 19.1. The van der Waals surface area contributed by atoms with Crippen LogP contribution in [0.3, 0.4) is 0 Å². The molecule has 1 fully saturated rings. The quantitative estimate of drug-likeness (QED) is 0.792. The second-order valence-corrected chi connectivity index (χ2v) is 6.56. The molecular formula is C20H24N5O2+. The predicted octanol–water partition coefficient (Wildman–Crippen LogP) is 1.79. The van der Waals surface area contributed by atoms with Crippen LogP contribution in [0.5, 0.6) is 0 Å². The van der Waals surface area contributed by atoms with Crippen LogP contribution in [0.1, 0.15) is 6.92 Å². The molecule has 0 atom stereocenters. The molecule has 0 bridgehead atoms. The molecular weight excluding hydrogens is 342 g/mol. The maximum absolute atomic E-state index is 12.2. The van der Waals surface area contributed by atoms with Crippen molar-refractivity contribution in [3.8, 4) is 0 Å². The van der Waals surface area contributed by atoms with Crippen molar-refractivity contribution < 1.29 is 14.5 Å². The van der Waals surface area contributed by atoms with Crippen molar-refractivity contribution in [3.63, 3.8) is 0 Å². The number of benzene rings is 2. The fourth-order valence-electron chi connectivity index (χ4n) is 2.97. The number of hydrogen-bond acceptors (Lipinski definition) is 4. The third kappa shape index (κ3) is 5.72. The summed E-state index contributed by atoms with van der Waals surface area (Å²) in [5.74, 6) is 0.0722. The molecule has 2 amide bonds. The van der Waals surface area contributed by atoms with Gasteiger partial charge in [0, 0.05) is 12.6 Å². The Morgan fingerprint density at radius 2 is 1.56 bits per heavy atom. The summed E-state index contributed by atoms with van der Waals surface area (Å²) in [5.41, 5.74) is 2.26. The molecule has 1 aliphatic rings. The van der Waals surface area contributed by atoms with Crippen molar-refractivity contribution in [3.05, 3.63) is 54.6 Å². The van der Waals surface area contributed by atoms with Crippen LogP contribution in [0.4, 0.5) is 17.1 Å². The van der Waals surface area contributed by atoms with Crippen LogP contribution in [0.25, 0.3) is 0 Å². The van der Waals surface area contributed by atoms with E-state index in [1.54, 1.807) is 6.92 Å². The Balaban J connectivity index is 1.47. The van der Waals surface area contributed by atoms with Gasteiger partial charge in [-0.05, 0) is 36.4 Å². The summed E-state index contributed by atoms with van der Waals surface area (Å²) in [6, 6.07) is 16.8. The topological polar surface area (TPSA) is 78.6 Å². The van der Waals surface area contributed by atoms with Gasteiger partial charge in [-0.15, -0.1) is 0 Å². The van der Waals surface area contributed by atoms with Crippen LogP contribution >= 0.6 is 0 Å². The first-order chi connectivity index (χ1) is 13.1. The highest BCUT2D eigenvalue weighted by atomic mass is 16.2. The fourth-order valence-corrected chi connectivity index (χ4v) is 2.97. The van der Waals surface area contributed by atoms with Crippen molar-refractivity contribution in [1.29, 1.82) is 0 Å². The summed E-state index contributed by atoms with van der Waals surface area (Å²) in [5, 5.41) is 11.3. The number of quaternary nitrogens is 1. The largest absolute Gasteiger partial charge is 0.332 e. The second-order valence-electron chi connectivity index (χ2n) is 6.56. The van der Waals surface area contributed by atoms with E-state index in [2.05, 4.69) is 15.5 Å². The van der Waals surface area contributed by atoms with E-state index >= 15 is 0 Å². The first-order valence-corrected chi connectivity index (χ1v) is 9.06. The third-order valence-electron chi connectivity index (χ3n) is 4.51. The molecule has 7 nitrogen and oxygen atoms in total. The molecule has 0 saturated carbocycles. The number of piperazine rings is 1. The summed E-state index contributed by atoms with van der Waals surface area (Å²) >= 11 is 0. The molecule has 1 saturated heterocycles. The van der Waals surface area contributed by atoms with E-state index in [0.29, 0.717) is 19.6 Å². The average Bonchev–Trinajstić information content (AvgIpc) is 2.68. The number of azo groups is 1. The van der Waals surface area contributed by atoms with E-state index in [-0.39, 0.29) is 11.8 Å². The number of carbonyl (C=O) groups excluding carboxylic acids is 2. The summed E-state index contributed by atoms with van der Waals surface area (Å²) in [6.45, 7) is 5.00. The van der Waals surface area contributed by atoms with Crippen LogP contribution in [0, 0.1) is 0 Å². The zero-order valence-corrected chi connectivity index (χ0v) is 15.4. The molecule has 3 rings (SSSR count). The Morgan fingerprint density at radius 1 is 0.963 bits per heavy atom. The van der Waals surface area contributed by atoms with Crippen LogP contribution in [-0.2, 0) is 9.59 Å². The molecule has 0 radical (unpaired) electrons. The van der Waals surface area contributed by atoms with Crippen LogP contribution in [-0.4, -0.2) is 49.4 Å². The van der Waals surface area contributed by atoms with Gasteiger partial charge in [0.25, 0.3) is 5.91 Å². The molecule has 2 N–H and O–H groups in total. The van der Waals surface area contributed by atoms with Crippen molar-refractivity contribution >= 4 is 28.9 Å². The second kappa shape index (κ2) is 9.05. The minimum absolute atomic E-state index is 0.0278. The van der Waals surface area contributed by atoms with Gasteiger partial charge in [-0.1, -0.05) is 18.2 Å². The van der Waals surface area contributed by atoms with E-state index in [4.69, 9.17) is 0 Å². The van der Waals surface area contributed by atoms with E-state index in [9.17, 15) is 9.59 Å². The van der Waals surface area contributed by atoms with Crippen LogP contribution in [0.15, 0.2) is 64.8 Å². The zero-order valence-electron chi connectivity index (χ0n) is 15.4. The number of rotatable bonds is 5. The lowest BCUT2D eigenvalue weighted by Gasteiger charge is -2.31. The van der Waals surface area contributed by atoms with Crippen LogP contribution in [0.2, 0.25) is 0 Å². The molecule has 1 aliphatic heterocycles. The average molecular weight is 366 g/mol. The highest BCUT2D eigenvalue weighted by Gasteiger charge is 2.23. The highest BCUT2D eigenvalue weighted by Crippen LogP contribution is 2.19. The molecule has 2 aromatic carbocycles. The molecule has 0 spiro atoms. The smallest absolute Gasteiger partial charge is 0.279 e. The lowest BCUT2D eigenvalue weighted by atomic mass is 10.2. The van der Waals surface area contributed by atoms with Gasteiger partial charge in [-0.25, -0.2) is 0 Å². The van der Waals surface area contributed by atoms with E-state index < -0.39 is 0 Å². The molecule has 0 aromatic heterocycles. The van der Waals surface area contributed by atoms with Crippen molar-refractivity contribution in [2.24, 2.45) is 10.2 Å². The molecule has 27 heavy (non-hydrogen) atoms. The van der Waals surface area contributed by atoms with E-state index in [0.717, 1.165) is 30.2 Å². The molecule has 0 unspecified atom stereocenters. The Morgan fingerprint density at radius 3 is 2.15 bits per heavy atom. The molecule has 140 valence electrons. The first-order valence-electron chi connectivity index (χ1n) is 9.06. The number of carbonyl (C=O) groups is 2. The van der Waals surface area contributed by atoms with Crippen LogP contribution < -0.4 is 10.2 Å². The normalized spacial score (nSPS) is 15.1. The number of anilines is 1. The van der Waals surface area contributed by atoms with E-state index in [1.165, 1.54) is 4.90 Å².